The van der Waals surface area contributed by atoms with Gasteiger partial charge < -0.3 is 14.8 Å². The molecule has 0 bridgehead atoms. The average molecular weight is 389 g/mol. The van der Waals surface area contributed by atoms with Crippen molar-refractivity contribution in [1.29, 1.82) is 0 Å². The lowest BCUT2D eigenvalue weighted by Gasteiger charge is -2.14. The Morgan fingerprint density at radius 2 is 1.62 bits per heavy atom. The van der Waals surface area contributed by atoms with Gasteiger partial charge in [0.1, 0.15) is 11.5 Å². The maximum Gasteiger partial charge on any atom is 0.352 e. The lowest BCUT2D eigenvalue weighted by atomic mass is 10.2. The number of carbonyl (C=O) groups is 2. The number of esters is 1. The standard InChI is InChI=1S/C24H23NO4/c1-17-8-6-12-21(14-17)28-18(2)24(27)29-22-13-7-11-20(15-22)23(26)25-16-19-9-4-3-5-10-19/h3-15,18H,16H2,1-2H3,(H,25,26)/t18-/m0/s1. The zero-order chi connectivity index (χ0) is 20.6. The summed E-state index contributed by atoms with van der Waals surface area (Å²) in [7, 11) is 0. The zero-order valence-corrected chi connectivity index (χ0v) is 16.4. The van der Waals surface area contributed by atoms with Crippen molar-refractivity contribution in [3.63, 3.8) is 0 Å². The fraction of sp³-hybridized carbons (Fsp3) is 0.167. The number of benzene rings is 3. The fourth-order valence-electron chi connectivity index (χ4n) is 2.72. The predicted octanol–water partition coefficient (Wildman–Crippen LogP) is 4.30. The topological polar surface area (TPSA) is 64.6 Å². The lowest BCUT2D eigenvalue weighted by molar-refractivity contribution is -0.141. The summed E-state index contributed by atoms with van der Waals surface area (Å²) in [6, 6.07) is 23.6. The van der Waals surface area contributed by atoms with Gasteiger partial charge in [-0.05, 0) is 55.3 Å². The van der Waals surface area contributed by atoms with E-state index < -0.39 is 12.1 Å². The van der Waals surface area contributed by atoms with Gasteiger partial charge in [0.05, 0.1) is 0 Å². The van der Waals surface area contributed by atoms with E-state index in [0.29, 0.717) is 23.6 Å². The highest BCUT2D eigenvalue weighted by Crippen LogP contribution is 2.17. The first kappa shape index (κ1) is 20.1. The van der Waals surface area contributed by atoms with E-state index in [1.54, 1.807) is 31.2 Å². The highest BCUT2D eigenvalue weighted by Gasteiger charge is 2.18. The first-order chi connectivity index (χ1) is 14.0. The molecule has 29 heavy (non-hydrogen) atoms. The molecule has 1 N–H and O–H groups in total. The second-order valence-electron chi connectivity index (χ2n) is 6.69. The minimum Gasteiger partial charge on any atom is -0.479 e. The summed E-state index contributed by atoms with van der Waals surface area (Å²) in [5.74, 6) is 0.120. The van der Waals surface area contributed by atoms with E-state index in [-0.39, 0.29) is 5.91 Å². The lowest BCUT2D eigenvalue weighted by Crippen LogP contribution is -2.28. The zero-order valence-electron chi connectivity index (χ0n) is 16.4. The van der Waals surface area contributed by atoms with Crippen LogP contribution >= 0.6 is 0 Å². The van der Waals surface area contributed by atoms with E-state index >= 15 is 0 Å². The average Bonchev–Trinajstić information content (AvgIpc) is 2.73. The van der Waals surface area contributed by atoms with Gasteiger partial charge in [-0.2, -0.15) is 0 Å². The smallest absolute Gasteiger partial charge is 0.352 e. The van der Waals surface area contributed by atoms with Gasteiger partial charge in [0.25, 0.3) is 5.91 Å². The number of hydrogen-bond donors (Lipinski definition) is 1. The summed E-state index contributed by atoms with van der Waals surface area (Å²) in [5, 5.41) is 2.85. The van der Waals surface area contributed by atoms with E-state index in [1.165, 1.54) is 6.07 Å². The molecule has 0 spiro atoms. The third-order valence-corrected chi connectivity index (χ3v) is 4.24. The van der Waals surface area contributed by atoms with Crippen LogP contribution in [0.25, 0.3) is 0 Å². The molecule has 0 aliphatic rings. The molecule has 1 amide bonds. The van der Waals surface area contributed by atoms with Crippen molar-refractivity contribution in [2.24, 2.45) is 0 Å². The van der Waals surface area contributed by atoms with Gasteiger partial charge in [-0.25, -0.2) is 4.79 Å². The van der Waals surface area contributed by atoms with Crippen molar-refractivity contribution in [1.82, 2.24) is 5.32 Å². The molecule has 0 saturated carbocycles. The van der Waals surface area contributed by atoms with Gasteiger partial charge in [-0.3, -0.25) is 4.79 Å². The Morgan fingerprint density at radius 1 is 0.897 bits per heavy atom. The van der Waals surface area contributed by atoms with Crippen molar-refractivity contribution in [3.8, 4) is 11.5 Å². The summed E-state index contributed by atoms with van der Waals surface area (Å²) >= 11 is 0. The van der Waals surface area contributed by atoms with Crippen LogP contribution in [0.5, 0.6) is 11.5 Å². The van der Waals surface area contributed by atoms with Crippen LogP contribution in [0.1, 0.15) is 28.4 Å². The van der Waals surface area contributed by atoms with Gasteiger partial charge in [0.2, 0.25) is 0 Å². The Hall–Kier alpha value is -3.60. The number of nitrogens with one attached hydrogen (secondary N) is 1. The molecule has 3 aromatic rings. The van der Waals surface area contributed by atoms with E-state index in [4.69, 9.17) is 9.47 Å². The molecule has 0 heterocycles. The summed E-state index contributed by atoms with van der Waals surface area (Å²) in [6.07, 6.45) is -0.785. The SMILES string of the molecule is Cc1cccc(O[C@@H](C)C(=O)Oc2cccc(C(=O)NCc3ccccc3)c2)c1. The van der Waals surface area contributed by atoms with Crippen molar-refractivity contribution in [3.05, 3.63) is 95.6 Å². The van der Waals surface area contributed by atoms with Gasteiger partial charge in [-0.15, -0.1) is 0 Å². The Kier molecular flexibility index (Phi) is 6.63. The van der Waals surface area contributed by atoms with Crippen LogP contribution < -0.4 is 14.8 Å². The second-order valence-corrected chi connectivity index (χ2v) is 6.69. The molecule has 0 saturated heterocycles. The monoisotopic (exact) mass is 389 g/mol. The van der Waals surface area contributed by atoms with E-state index in [2.05, 4.69) is 5.32 Å². The van der Waals surface area contributed by atoms with E-state index in [1.807, 2.05) is 55.5 Å². The minimum absolute atomic E-state index is 0.240. The summed E-state index contributed by atoms with van der Waals surface area (Å²) < 4.78 is 11.0. The van der Waals surface area contributed by atoms with Crippen molar-refractivity contribution in [2.45, 2.75) is 26.5 Å². The van der Waals surface area contributed by atoms with Crippen LogP contribution in [0.15, 0.2) is 78.9 Å². The molecule has 0 aliphatic heterocycles. The number of aryl methyl sites for hydroxylation is 1. The molecule has 0 radical (unpaired) electrons. The third kappa shape index (κ3) is 5.94. The van der Waals surface area contributed by atoms with Crippen LogP contribution in [0.3, 0.4) is 0 Å². The molecular weight excluding hydrogens is 366 g/mol. The van der Waals surface area contributed by atoms with Crippen molar-refractivity contribution < 1.29 is 19.1 Å². The van der Waals surface area contributed by atoms with Crippen molar-refractivity contribution in [2.75, 3.05) is 0 Å². The van der Waals surface area contributed by atoms with Crippen LogP contribution in [-0.4, -0.2) is 18.0 Å². The van der Waals surface area contributed by atoms with Crippen LogP contribution in [0.4, 0.5) is 0 Å². The van der Waals surface area contributed by atoms with Gasteiger partial charge in [0.15, 0.2) is 6.10 Å². The predicted molar refractivity (Wildman–Crippen MR) is 111 cm³/mol. The Morgan fingerprint density at radius 3 is 2.38 bits per heavy atom. The molecule has 5 heteroatoms. The van der Waals surface area contributed by atoms with Crippen LogP contribution in [0, 0.1) is 6.92 Å². The molecule has 3 aromatic carbocycles. The number of ether oxygens (including phenoxy) is 2. The number of carbonyl (C=O) groups excluding carboxylic acids is 2. The maximum atomic E-state index is 12.4. The van der Waals surface area contributed by atoms with Crippen molar-refractivity contribution >= 4 is 11.9 Å². The summed E-state index contributed by atoms with van der Waals surface area (Å²) in [6.45, 7) is 4.00. The minimum atomic E-state index is -0.785. The maximum absolute atomic E-state index is 12.4. The molecule has 0 unspecified atom stereocenters. The number of rotatable bonds is 7. The summed E-state index contributed by atoms with van der Waals surface area (Å²) in [5.41, 5.74) is 2.46. The van der Waals surface area contributed by atoms with E-state index in [0.717, 1.165) is 11.1 Å². The fourth-order valence-corrected chi connectivity index (χ4v) is 2.72. The Bertz CT molecular complexity index is 985. The third-order valence-electron chi connectivity index (χ3n) is 4.24. The Labute approximate surface area is 170 Å². The van der Waals surface area contributed by atoms with Gasteiger partial charge in [0, 0.05) is 12.1 Å². The van der Waals surface area contributed by atoms with Crippen LogP contribution in [0.2, 0.25) is 0 Å². The quantitative estimate of drug-likeness (QED) is 0.483. The number of hydrogen-bond acceptors (Lipinski definition) is 4. The molecule has 0 aromatic heterocycles. The summed E-state index contributed by atoms with van der Waals surface area (Å²) in [4.78, 5) is 24.7. The van der Waals surface area contributed by atoms with Crippen LogP contribution in [-0.2, 0) is 11.3 Å². The molecule has 1 atom stereocenters. The molecule has 148 valence electrons. The first-order valence-electron chi connectivity index (χ1n) is 9.38. The largest absolute Gasteiger partial charge is 0.479 e. The number of amides is 1. The molecule has 0 aliphatic carbocycles. The van der Waals surface area contributed by atoms with Gasteiger partial charge in [-0.1, -0.05) is 48.5 Å². The molecule has 3 rings (SSSR count). The highest BCUT2D eigenvalue weighted by molar-refractivity contribution is 5.94. The Balaban J connectivity index is 1.58. The highest BCUT2D eigenvalue weighted by atomic mass is 16.6. The van der Waals surface area contributed by atoms with E-state index in [9.17, 15) is 9.59 Å². The first-order valence-corrected chi connectivity index (χ1v) is 9.38. The normalized spacial score (nSPS) is 11.4. The molecule has 5 nitrogen and oxygen atoms in total. The second kappa shape index (κ2) is 9.55. The molecular formula is C24H23NO4. The molecule has 0 fully saturated rings. The van der Waals surface area contributed by atoms with Gasteiger partial charge >= 0.3 is 5.97 Å².